The van der Waals surface area contributed by atoms with E-state index in [4.69, 9.17) is 4.74 Å². The third kappa shape index (κ3) is 5.37. The van der Waals surface area contributed by atoms with Crippen LogP contribution in [-0.2, 0) is 6.18 Å². The van der Waals surface area contributed by atoms with Gasteiger partial charge in [0.1, 0.15) is 11.9 Å². The molecular weight excluding hydrogens is 530 g/mol. The molecule has 1 amide bonds. The first-order valence-electron chi connectivity index (χ1n) is 12.5. The molecule has 13 heteroatoms. The number of likely N-dealkylation sites (N-methyl/N-ethyl adjacent to an activating group) is 1. The number of aromatic nitrogens is 3. The van der Waals surface area contributed by atoms with E-state index in [1.807, 2.05) is 7.05 Å². The lowest BCUT2D eigenvalue weighted by Gasteiger charge is -2.35. The topological polar surface area (TPSA) is 98.4 Å². The minimum absolute atomic E-state index is 0.0513. The molecule has 0 spiro atoms. The van der Waals surface area contributed by atoms with Crippen molar-refractivity contribution in [2.75, 3.05) is 50.5 Å². The summed E-state index contributed by atoms with van der Waals surface area (Å²) in [5.41, 5.74) is 0.435. The highest BCUT2D eigenvalue weighted by atomic mass is 19.4. The molecule has 4 aromatic rings. The van der Waals surface area contributed by atoms with E-state index < -0.39 is 23.5 Å². The van der Waals surface area contributed by atoms with E-state index >= 15 is 4.39 Å². The largest absolute Gasteiger partial charge is 0.435 e. The van der Waals surface area contributed by atoms with E-state index in [2.05, 4.69) is 30.5 Å². The van der Waals surface area contributed by atoms with E-state index in [0.717, 1.165) is 18.1 Å². The zero-order chi connectivity index (χ0) is 28.6. The molecule has 1 aliphatic heterocycles. The molecule has 0 radical (unpaired) electrons. The van der Waals surface area contributed by atoms with Crippen molar-refractivity contribution in [3.8, 4) is 11.6 Å². The summed E-state index contributed by atoms with van der Waals surface area (Å²) in [6, 6.07) is 8.50. The van der Waals surface area contributed by atoms with Crippen molar-refractivity contribution < 1.29 is 27.1 Å². The zero-order valence-corrected chi connectivity index (χ0v) is 22.0. The molecule has 9 nitrogen and oxygen atoms in total. The normalized spacial score (nSPS) is 14.4. The molecule has 0 saturated carbocycles. The highest BCUT2D eigenvalue weighted by Crippen LogP contribution is 2.40. The number of halogens is 4. The van der Waals surface area contributed by atoms with Gasteiger partial charge in [-0.05, 0) is 50.4 Å². The number of ether oxygens (including phenoxy) is 1. The molecule has 1 saturated heterocycles. The van der Waals surface area contributed by atoms with Crippen LogP contribution in [0.1, 0.15) is 21.6 Å². The van der Waals surface area contributed by atoms with Crippen molar-refractivity contribution in [3.63, 3.8) is 0 Å². The van der Waals surface area contributed by atoms with Crippen LogP contribution in [0.15, 0.2) is 42.7 Å². The molecule has 2 aromatic carbocycles. The second kappa shape index (κ2) is 10.6. The Morgan fingerprint density at radius 1 is 1.07 bits per heavy atom. The predicted octanol–water partition coefficient (Wildman–Crippen LogP) is 5.07. The van der Waals surface area contributed by atoms with Gasteiger partial charge in [-0.1, -0.05) is 0 Å². The highest BCUT2D eigenvalue weighted by Gasteiger charge is 2.36. The lowest BCUT2D eigenvalue weighted by Crippen LogP contribution is -2.45. The lowest BCUT2D eigenvalue weighted by molar-refractivity contribution is -0.137. The van der Waals surface area contributed by atoms with Gasteiger partial charge in [0.05, 0.1) is 5.56 Å². The van der Waals surface area contributed by atoms with Crippen LogP contribution < -0.4 is 20.3 Å². The molecule has 0 aliphatic carbocycles. The van der Waals surface area contributed by atoms with Gasteiger partial charge in [0, 0.05) is 61.2 Å². The molecule has 0 atom stereocenters. The number of anilines is 3. The van der Waals surface area contributed by atoms with Crippen LogP contribution >= 0.6 is 0 Å². The fraction of sp³-hybridized carbons (Fsp3) is 0.296. The Morgan fingerprint density at radius 2 is 1.82 bits per heavy atom. The van der Waals surface area contributed by atoms with Crippen LogP contribution in [0.25, 0.3) is 10.9 Å². The minimum Gasteiger partial charge on any atom is -0.435 e. The maximum Gasteiger partial charge on any atom is 0.418 e. The van der Waals surface area contributed by atoms with Gasteiger partial charge in [0.15, 0.2) is 17.4 Å². The molecule has 210 valence electrons. The molecule has 5 rings (SSSR count). The number of piperazine rings is 1. The summed E-state index contributed by atoms with van der Waals surface area (Å²) in [5, 5.41) is 5.53. The number of alkyl halides is 3. The number of fused-ring (bicyclic) bond motifs is 1. The van der Waals surface area contributed by atoms with Gasteiger partial charge in [-0.15, -0.1) is 0 Å². The average Bonchev–Trinajstić information content (AvgIpc) is 3.31. The number of H-pyrrole nitrogens is 1. The second-order valence-electron chi connectivity index (χ2n) is 9.52. The summed E-state index contributed by atoms with van der Waals surface area (Å²) in [6.07, 6.45) is -3.54. The molecular formula is C27H27F4N7O2. The molecule has 0 unspecified atom stereocenters. The number of benzene rings is 2. The summed E-state index contributed by atoms with van der Waals surface area (Å²) in [4.78, 5) is 27.7. The zero-order valence-electron chi connectivity index (χ0n) is 22.0. The Morgan fingerprint density at radius 3 is 2.52 bits per heavy atom. The molecule has 1 fully saturated rings. The molecule has 2 aromatic heterocycles. The summed E-state index contributed by atoms with van der Waals surface area (Å²) < 4.78 is 63.2. The van der Waals surface area contributed by atoms with Crippen LogP contribution in [0.5, 0.6) is 11.6 Å². The summed E-state index contributed by atoms with van der Waals surface area (Å²) in [6.45, 7) is 4.00. The number of hydrogen-bond acceptors (Lipinski definition) is 7. The van der Waals surface area contributed by atoms with Crippen molar-refractivity contribution in [1.82, 2.24) is 25.2 Å². The van der Waals surface area contributed by atoms with Gasteiger partial charge < -0.3 is 30.2 Å². The number of aromatic amines is 1. The first-order chi connectivity index (χ1) is 19.0. The quantitative estimate of drug-likeness (QED) is 0.285. The average molecular weight is 558 g/mol. The van der Waals surface area contributed by atoms with E-state index in [0.29, 0.717) is 37.1 Å². The third-order valence-corrected chi connectivity index (χ3v) is 6.72. The molecule has 1 aliphatic rings. The van der Waals surface area contributed by atoms with Crippen LogP contribution in [0.2, 0.25) is 0 Å². The van der Waals surface area contributed by atoms with E-state index in [-0.39, 0.29) is 34.4 Å². The lowest BCUT2D eigenvalue weighted by atomic mass is 10.1. The fourth-order valence-corrected chi connectivity index (χ4v) is 4.64. The number of carbonyl (C=O) groups is 1. The smallest absolute Gasteiger partial charge is 0.418 e. The predicted molar refractivity (Wildman–Crippen MR) is 143 cm³/mol. The number of aryl methyl sites for hydroxylation is 1. The standard InChI is InChI=1S/C27H27F4N7O2/c1-15-12-17-19(35-15)5-7-21(23(17)28)40-26-22(25(39)32-2)24(33-14-34-26)36-16-4-6-20(18(13-16)27(29,30)31)38-10-8-37(3)9-11-38/h4-7,12-14,35H,8-11H2,1-3H3,(H,32,39)(H,33,34,36). The van der Waals surface area contributed by atoms with Gasteiger partial charge in [0.25, 0.3) is 5.91 Å². The number of rotatable bonds is 6. The van der Waals surface area contributed by atoms with E-state index in [1.54, 1.807) is 24.0 Å². The first-order valence-corrected chi connectivity index (χ1v) is 12.5. The summed E-state index contributed by atoms with van der Waals surface area (Å²) in [5.74, 6) is -1.90. The van der Waals surface area contributed by atoms with Gasteiger partial charge in [0.2, 0.25) is 5.88 Å². The van der Waals surface area contributed by atoms with Crippen molar-refractivity contribution >= 4 is 34.0 Å². The molecule has 0 bridgehead atoms. The molecule has 40 heavy (non-hydrogen) atoms. The van der Waals surface area contributed by atoms with Crippen LogP contribution in [0.3, 0.4) is 0 Å². The summed E-state index contributed by atoms with van der Waals surface area (Å²) in [7, 11) is 3.29. The Bertz CT molecular complexity index is 1560. The van der Waals surface area contributed by atoms with Gasteiger partial charge >= 0.3 is 6.18 Å². The van der Waals surface area contributed by atoms with E-state index in [9.17, 15) is 18.0 Å². The highest BCUT2D eigenvalue weighted by molar-refractivity contribution is 6.01. The van der Waals surface area contributed by atoms with Crippen molar-refractivity contribution in [1.29, 1.82) is 0 Å². The number of carbonyl (C=O) groups excluding carboxylic acids is 1. The van der Waals surface area contributed by atoms with Crippen LogP contribution in [0.4, 0.5) is 34.8 Å². The van der Waals surface area contributed by atoms with Crippen LogP contribution in [-0.4, -0.2) is 66.0 Å². The molecule has 3 heterocycles. The number of hydrogen-bond donors (Lipinski definition) is 3. The Labute approximate surface area is 227 Å². The Kier molecular flexibility index (Phi) is 7.23. The maximum atomic E-state index is 15.2. The maximum absolute atomic E-state index is 15.2. The van der Waals surface area contributed by atoms with Gasteiger partial charge in [-0.25, -0.2) is 14.4 Å². The fourth-order valence-electron chi connectivity index (χ4n) is 4.64. The monoisotopic (exact) mass is 557 g/mol. The Balaban J connectivity index is 1.50. The SMILES string of the molecule is CNC(=O)c1c(Nc2ccc(N3CCN(C)CC3)c(C(F)(F)F)c2)ncnc1Oc1ccc2[nH]c(C)cc2c1F. The van der Waals surface area contributed by atoms with E-state index in [1.165, 1.54) is 25.2 Å². The number of amides is 1. The van der Waals surface area contributed by atoms with Crippen molar-refractivity contribution in [3.05, 3.63) is 65.4 Å². The first kappa shape index (κ1) is 27.2. The second-order valence-corrected chi connectivity index (χ2v) is 9.52. The molecule has 3 N–H and O–H groups in total. The Hall–Kier alpha value is -4.39. The van der Waals surface area contributed by atoms with Crippen molar-refractivity contribution in [2.45, 2.75) is 13.1 Å². The summed E-state index contributed by atoms with van der Waals surface area (Å²) >= 11 is 0. The van der Waals surface area contributed by atoms with Gasteiger partial charge in [-0.2, -0.15) is 13.2 Å². The minimum atomic E-state index is -4.62. The van der Waals surface area contributed by atoms with Crippen LogP contribution in [0, 0.1) is 12.7 Å². The van der Waals surface area contributed by atoms with Gasteiger partial charge in [-0.3, -0.25) is 4.79 Å². The third-order valence-electron chi connectivity index (χ3n) is 6.72. The number of nitrogens with zero attached hydrogens (tertiary/aromatic N) is 4. The number of nitrogens with one attached hydrogen (secondary N) is 3. The van der Waals surface area contributed by atoms with Crippen molar-refractivity contribution in [2.24, 2.45) is 0 Å².